The van der Waals surface area contributed by atoms with E-state index in [-0.39, 0.29) is 39.5 Å². The molecule has 0 radical (unpaired) electrons. The number of carbonyl (C=O) groups excluding carboxylic acids is 3. The van der Waals surface area contributed by atoms with Crippen molar-refractivity contribution >= 4 is 44.4 Å². The van der Waals surface area contributed by atoms with Gasteiger partial charge in [0.2, 0.25) is 0 Å². The summed E-state index contributed by atoms with van der Waals surface area (Å²) in [5.74, 6) is -2.63. The van der Waals surface area contributed by atoms with Crippen LogP contribution in [0.5, 0.6) is 0 Å². The smallest absolute Gasteiger partial charge is 0.339 e. The number of ether oxygens (including phenoxy) is 2. The van der Waals surface area contributed by atoms with Gasteiger partial charge in [-0.1, -0.05) is 0 Å². The lowest BCUT2D eigenvalue weighted by Crippen LogP contribution is -2.18. The lowest BCUT2D eigenvalue weighted by Gasteiger charge is -2.14. The molecule has 5 rings (SSSR count). The molecule has 1 fully saturated rings. The first-order valence-corrected chi connectivity index (χ1v) is 14.3. The summed E-state index contributed by atoms with van der Waals surface area (Å²) in [4.78, 5) is 43.2. The predicted molar refractivity (Wildman–Crippen MR) is 147 cm³/mol. The molecule has 0 spiro atoms. The Balaban J connectivity index is 1.67. The Kier molecular flexibility index (Phi) is 7.30. The van der Waals surface area contributed by atoms with Gasteiger partial charge in [-0.05, 0) is 61.9 Å². The molecule has 1 N–H and O–H groups in total. The van der Waals surface area contributed by atoms with Crippen molar-refractivity contribution in [3.8, 4) is 11.3 Å². The van der Waals surface area contributed by atoms with E-state index in [1.54, 1.807) is 6.92 Å². The van der Waals surface area contributed by atoms with Gasteiger partial charge in [0, 0.05) is 5.56 Å². The number of carbonyl (C=O) groups is 3. The number of esters is 2. The second-order valence-electron chi connectivity index (χ2n) is 9.55. The largest absolute Gasteiger partial charge is 0.465 e. The summed E-state index contributed by atoms with van der Waals surface area (Å²) in [6, 6.07) is 10.6. The van der Waals surface area contributed by atoms with Crippen LogP contribution >= 0.6 is 0 Å². The van der Waals surface area contributed by atoms with Gasteiger partial charge in [0.25, 0.3) is 5.91 Å². The van der Waals surface area contributed by atoms with Crippen molar-refractivity contribution in [3.05, 3.63) is 76.7 Å². The average Bonchev–Trinajstić information content (AvgIpc) is 3.50. The van der Waals surface area contributed by atoms with Crippen LogP contribution in [0, 0.1) is 12.7 Å². The molecule has 1 unspecified atom stereocenters. The second kappa shape index (κ2) is 10.7. The summed E-state index contributed by atoms with van der Waals surface area (Å²) in [5, 5.41) is 7.63. The maximum absolute atomic E-state index is 13.9. The molecular weight excluding hydrogens is 555 g/mol. The molecule has 1 aliphatic heterocycles. The number of rotatable bonds is 6. The number of hydrogen-bond donors (Lipinski definition) is 1. The van der Waals surface area contributed by atoms with Gasteiger partial charge in [0.1, 0.15) is 5.82 Å². The van der Waals surface area contributed by atoms with Crippen LogP contribution in [-0.2, 0) is 19.3 Å². The quantitative estimate of drug-likeness (QED) is 0.337. The molecule has 4 aromatic rings. The highest BCUT2D eigenvalue weighted by Crippen LogP contribution is 2.33. The summed E-state index contributed by atoms with van der Waals surface area (Å²) in [7, 11) is -0.868. The number of nitrogens with one attached hydrogen (secondary N) is 1. The number of fused-ring (bicyclic) bond motifs is 1. The number of sulfone groups is 1. The van der Waals surface area contributed by atoms with Gasteiger partial charge in [0.05, 0.1) is 70.9 Å². The van der Waals surface area contributed by atoms with Crippen LogP contribution < -0.4 is 5.32 Å². The van der Waals surface area contributed by atoms with Gasteiger partial charge >= 0.3 is 11.9 Å². The summed E-state index contributed by atoms with van der Waals surface area (Å²) >= 11 is 0. The third-order valence-corrected chi connectivity index (χ3v) is 8.62. The summed E-state index contributed by atoms with van der Waals surface area (Å²) in [5.41, 5.74) is 1.77. The maximum Gasteiger partial charge on any atom is 0.339 e. The zero-order chi connectivity index (χ0) is 29.5. The number of methoxy groups -OCH3 is 2. The minimum Gasteiger partial charge on any atom is -0.465 e. The first kappa shape index (κ1) is 27.9. The monoisotopic (exact) mass is 580 g/mol. The number of nitrogens with zero attached hydrogens (tertiary/aromatic N) is 3. The van der Waals surface area contributed by atoms with Gasteiger partial charge in [-0.2, -0.15) is 5.10 Å². The van der Waals surface area contributed by atoms with E-state index in [0.29, 0.717) is 28.8 Å². The first-order valence-electron chi connectivity index (χ1n) is 12.5. The highest BCUT2D eigenvalue weighted by atomic mass is 32.2. The Morgan fingerprint density at radius 2 is 1.71 bits per heavy atom. The molecule has 1 saturated heterocycles. The number of halogens is 1. The fourth-order valence-corrected chi connectivity index (χ4v) is 6.55. The molecule has 11 nitrogen and oxygen atoms in total. The summed E-state index contributed by atoms with van der Waals surface area (Å²) in [6.07, 6.45) is 0.339. The van der Waals surface area contributed by atoms with Gasteiger partial charge in [-0.3, -0.25) is 4.79 Å². The molecule has 0 saturated carbocycles. The van der Waals surface area contributed by atoms with Crippen LogP contribution in [0.4, 0.5) is 10.1 Å². The van der Waals surface area contributed by atoms with Gasteiger partial charge < -0.3 is 14.8 Å². The van der Waals surface area contributed by atoms with E-state index in [2.05, 4.69) is 10.4 Å². The van der Waals surface area contributed by atoms with E-state index in [9.17, 15) is 27.2 Å². The number of hydrogen-bond acceptors (Lipinski definition) is 9. The number of benzene rings is 2. The molecule has 3 heterocycles. The van der Waals surface area contributed by atoms with Gasteiger partial charge in [0.15, 0.2) is 15.5 Å². The van der Waals surface area contributed by atoms with Crippen molar-refractivity contribution in [2.24, 2.45) is 0 Å². The van der Waals surface area contributed by atoms with Crippen LogP contribution in [-0.4, -0.2) is 66.8 Å². The lowest BCUT2D eigenvalue weighted by molar-refractivity contribution is 0.0587. The average molecular weight is 581 g/mol. The molecule has 1 aliphatic rings. The van der Waals surface area contributed by atoms with Crippen molar-refractivity contribution in [1.82, 2.24) is 14.8 Å². The third kappa shape index (κ3) is 5.40. The van der Waals surface area contributed by atoms with Crippen LogP contribution in [0.15, 0.2) is 48.5 Å². The molecule has 212 valence electrons. The van der Waals surface area contributed by atoms with Crippen molar-refractivity contribution in [2.75, 3.05) is 31.0 Å². The third-order valence-electron chi connectivity index (χ3n) is 6.87. The molecule has 41 heavy (non-hydrogen) atoms. The number of pyridine rings is 1. The molecule has 2 aromatic heterocycles. The number of aromatic nitrogens is 3. The standard InChI is InChI=1S/C28H25FN4O7S/c1-15-24-21(26(34)31-23-12-17(27(35)39-2)6-9-20(23)28(36)40-3)13-22(16-4-7-18(29)8-5-16)30-25(24)33(32-15)19-10-11-41(37,38)14-19/h4-9,12-13,19H,10-11,14H2,1-3H3,(H,31,34). The maximum atomic E-state index is 13.9. The van der Waals surface area contributed by atoms with Crippen LogP contribution in [0.25, 0.3) is 22.3 Å². The Morgan fingerprint density at radius 1 is 1.00 bits per heavy atom. The zero-order valence-corrected chi connectivity index (χ0v) is 23.1. The predicted octanol–water partition coefficient (Wildman–Crippen LogP) is 3.73. The Labute approximate surface area is 234 Å². The van der Waals surface area contributed by atoms with Crippen molar-refractivity contribution in [2.45, 2.75) is 19.4 Å². The summed E-state index contributed by atoms with van der Waals surface area (Å²) < 4.78 is 49.3. The SMILES string of the molecule is COC(=O)c1ccc(C(=O)OC)c(NC(=O)c2cc(-c3ccc(F)cc3)nc3c2c(C)nn3C2CCS(=O)(=O)C2)c1. The second-order valence-corrected chi connectivity index (χ2v) is 11.8. The Hall–Kier alpha value is -4.65. The van der Waals surface area contributed by atoms with E-state index >= 15 is 0 Å². The Bertz CT molecular complexity index is 1820. The van der Waals surface area contributed by atoms with Crippen molar-refractivity contribution in [3.63, 3.8) is 0 Å². The minimum absolute atomic E-state index is 0.00106. The van der Waals surface area contributed by atoms with E-state index < -0.39 is 39.5 Å². The zero-order valence-electron chi connectivity index (χ0n) is 22.3. The topological polar surface area (TPSA) is 147 Å². The van der Waals surface area contributed by atoms with Crippen molar-refractivity contribution < 1.29 is 36.7 Å². The van der Waals surface area contributed by atoms with Gasteiger partial charge in [-0.25, -0.2) is 32.1 Å². The van der Waals surface area contributed by atoms with E-state index in [1.165, 1.54) is 67.4 Å². The molecule has 1 amide bonds. The normalized spacial score (nSPS) is 16.0. The van der Waals surface area contributed by atoms with Crippen molar-refractivity contribution in [1.29, 1.82) is 0 Å². The minimum atomic E-state index is -3.26. The molecule has 1 atom stereocenters. The Morgan fingerprint density at radius 3 is 2.34 bits per heavy atom. The molecule has 2 aromatic carbocycles. The fraction of sp³-hybridized carbons (Fsp3) is 0.250. The highest BCUT2D eigenvalue weighted by molar-refractivity contribution is 7.91. The molecule has 0 aliphatic carbocycles. The van der Waals surface area contributed by atoms with Crippen LogP contribution in [0.3, 0.4) is 0 Å². The first-order chi connectivity index (χ1) is 19.5. The van der Waals surface area contributed by atoms with Gasteiger partial charge in [-0.15, -0.1) is 0 Å². The van der Waals surface area contributed by atoms with E-state index in [4.69, 9.17) is 14.5 Å². The van der Waals surface area contributed by atoms with E-state index in [1.807, 2.05) is 0 Å². The highest BCUT2D eigenvalue weighted by Gasteiger charge is 2.32. The van der Waals surface area contributed by atoms with Crippen LogP contribution in [0.1, 0.15) is 49.2 Å². The van der Waals surface area contributed by atoms with E-state index in [0.717, 1.165) is 0 Å². The molecule has 0 bridgehead atoms. The van der Waals surface area contributed by atoms with Crippen LogP contribution in [0.2, 0.25) is 0 Å². The number of amides is 1. The number of aryl methyl sites for hydroxylation is 1. The fourth-order valence-electron chi connectivity index (χ4n) is 4.85. The lowest BCUT2D eigenvalue weighted by atomic mass is 10.0. The molecular formula is C28H25FN4O7S. The molecule has 13 heteroatoms. The summed E-state index contributed by atoms with van der Waals surface area (Å²) in [6.45, 7) is 1.68. The number of anilines is 1.